The summed E-state index contributed by atoms with van der Waals surface area (Å²) in [6.45, 7) is 7.47. The van der Waals surface area contributed by atoms with Crippen LogP contribution in [0.4, 0.5) is 0 Å². The molecule has 3 nitrogen and oxygen atoms in total. The highest BCUT2D eigenvalue weighted by Gasteiger charge is 2.36. The van der Waals surface area contributed by atoms with Crippen LogP contribution in [0.25, 0.3) is 0 Å². The minimum atomic E-state index is 0.206. The summed E-state index contributed by atoms with van der Waals surface area (Å²) in [7, 11) is 0. The van der Waals surface area contributed by atoms with Gasteiger partial charge in [-0.3, -0.25) is 4.90 Å². The van der Waals surface area contributed by atoms with Crippen LogP contribution in [0.1, 0.15) is 37.8 Å². The minimum Gasteiger partial charge on any atom is -0.465 e. The predicted molar refractivity (Wildman–Crippen MR) is 60.6 cm³/mol. The molecule has 0 saturated carbocycles. The molecule has 2 atom stereocenters. The van der Waals surface area contributed by atoms with Gasteiger partial charge >= 0.3 is 0 Å². The van der Waals surface area contributed by atoms with Crippen molar-refractivity contribution in [3.63, 3.8) is 0 Å². The average molecular weight is 208 g/mol. The van der Waals surface area contributed by atoms with E-state index in [4.69, 9.17) is 10.2 Å². The van der Waals surface area contributed by atoms with Crippen molar-refractivity contribution < 1.29 is 4.42 Å². The molecule has 1 aliphatic rings. The maximum absolute atomic E-state index is 6.15. The third-order valence-electron chi connectivity index (χ3n) is 3.20. The van der Waals surface area contributed by atoms with Crippen molar-refractivity contribution in [3.05, 3.63) is 23.7 Å². The van der Waals surface area contributed by atoms with Crippen molar-refractivity contribution in [2.45, 2.75) is 45.3 Å². The maximum atomic E-state index is 6.15. The molecule has 2 heterocycles. The first-order chi connectivity index (χ1) is 7.09. The van der Waals surface area contributed by atoms with Gasteiger partial charge in [0.05, 0.1) is 6.04 Å². The first-order valence-corrected chi connectivity index (χ1v) is 5.67. The van der Waals surface area contributed by atoms with Gasteiger partial charge in [-0.15, -0.1) is 0 Å². The Morgan fingerprint density at radius 1 is 1.47 bits per heavy atom. The molecule has 0 spiro atoms. The molecule has 0 aliphatic carbocycles. The summed E-state index contributed by atoms with van der Waals surface area (Å²) in [5, 5.41) is 0. The molecule has 0 amide bonds. The van der Waals surface area contributed by atoms with E-state index < -0.39 is 0 Å². The number of hydrogen-bond acceptors (Lipinski definition) is 3. The second kappa shape index (κ2) is 3.99. The average Bonchev–Trinajstić information content (AvgIpc) is 2.71. The highest BCUT2D eigenvalue weighted by Crippen LogP contribution is 2.33. The van der Waals surface area contributed by atoms with E-state index >= 15 is 0 Å². The first kappa shape index (κ1) is 10.7. The topological polar surface area (TPSA) is 42.4 Å². The van der Waals surface area contributed by atoms with Crippen LogP contribution in [-0.4, -0.2) is 23.5 Å². The van der Waals surface area contributed by atoms with Gasteiger partial charge in [-0.2, -0.15) is 0 Å². The summed E-state index contributed by atoms with van der Waals surface area (Å²) in [4.78, 5) is 2.42. The van der Waals surface area contributed by atoms with Gasteiger partial charge in [0.1, 0.15) is 11.5 Å². The van der Waals surface area contributed by atoms with Gasteiger partial charge in [0.2, 0.25) is 0 Å². The third-order valence-corrected chi connectivity index (χ3v) is 3.20. The van der Waals surface area contributed by atoms with E-state index in [0.717, 1.165) is 24.5 Å². The molecule has 1 fully saturated rings. The Morgan fingerprint density at radius 3 is 2.73 bits per heavy atom. The van der Waals surface area contributed by atoms with Crippen LogP contribution < -0.4 is 5.73 Å². The van der Waals surface area contributed by atoms with Gasteiger partial charge in [-0.1, -0.05) is 0 Å². The lowest BCUT2D eigenvalue weighted by atomic mass is 10.1. The Labute approximate surface area is 91.2 Å². The summed E-state index contributed by atoms with van der Waals surface area (Å²) in [6, 6.07) is 5.06. The second-order valence-electron chi connectivity index (χ2n) is 4.68. The van der Waals surface area contributed by atoms with Gasteiger partial charge < -0.3 is 10.2 Å². The largest absolute Gasteiger partial charge is 0.465 e. The van der Waals surface area contributed by atoms with E-state index in [1.54, 1.807) is 0 Å². The number of nitrogens with two attached hydrogens (primary N) is 1. The highest BCUT2D eigenvalue weighted by molar-refractivity contribution is 5.14. The lowest BCUT2D eigenvalue weighted by Gasteiger charge is -2.28. The molecule has 0 unspecified atom stereocenters. The lowest BCUT2D eigenvalue weighted by molar-refractivity contribution is 0.175. The highest BCUT2D eigenvalue weighted by atomic mass is 16.3. The fourth-order valence-corrected chi connectivity index (χ4v) is 2.41. The molecule has 1 aliphatic heterocycles. The summed E-state index contributed by atoms with van der Waals surface area (Å²) >= 11 is 0. The fraction of sp³-hybridized carbons (Fsp3) is 0.667. The van der Waals surface area contributed by atoms with Crippen molar-refractivity contribution in [2.24, 2.45) is 5.73 Å². The van der Waals surface area contributed by atoms with E-state index in [1.165, 1.54) is 0 Å². The smallest absolute Gasteiger partial charge is 0.122 e. The molecule has 0 radical (unpaired) electrons. The quantitative estimate of drug-likeness (QED) is 0.809. The lowest BCUT2D eigenvalue weighted by Crippen LogP contribution is -2.35. The maximum Gasteiger partial charge on any atom is 0.122 e. The summed E-state index contributed by atoms with van der Waals surface area (Å²) in [5.74, 6) is 1.99. The Bertz CT molecular complexity index is 332. The molecule has 0 bridgehead atoms. The van der Waals surface area contributed by atoms with Crippen LogP contribution >= 0.6 is 0 Å². The number of furan rings is 1. The Kier molecular flexibility index (Phi) is 2.85. The molecule has 1 aromatic rings. The monoisotopic (exact) mass is 208 g/mol. The number of likely N-dealkylation sites (tertiary alicyclic amines) is 1. The van der Waals surface area contributed by atoms with Crippen LogP contribution in [0.3, 0.4) is 0 Å². The first-order valence-electron chi connectivity index (χ1n) is 5.67. The third kappa shape index (κ3) is 1.94. The van der Waals surface area contributed by atoms with Crippen molar-refractivity contribution in [1.29, 1.82) is 0 Å². The van der Waals surface area contributed by atoms with E-state index in [9.17, 15) is 0 Å². The minimum absolute atomic E-state index is 0.206. The molecule has 3 heteroatoms. The van der Waals surface area contributed by atoms with E-state index in [1.807, 2.05) is 13.0 Å². The zero-order valence-corrected chi connectivity index (χ0v) is 9.73. The van der Waals surface area contributed by atoms with Gasteiger partial charge in [-0.25, -0.2) is 0 Å². The van der Waals surface area contributed by atoms with Gasteiger partial charge in [0, 0.05) is 18.6 Å². The second-order valence-corrected chi connectivity index (χ2v) is 4.68. The SMILES string of the molecule is Cc1ccc([C@H]2[C@H](N)CCN2C(C)C)o1. The van der Waals surface area contributed by atoms with Crippen LogP contribution in [-0.2, 0) is 0 Å². The number of nitrogens with zero attached hydrogens (tertiary/aromatic N) is 1. The van der Waals surface area contributed by atoms with Gasteiger partial charge in [0.15, 0.2) is 0 Å². The molecule has 2 rings (SSSR count). The summed E-state index contributed by atoms with van der Waals surface area (Å²) in [6.07, 6.45) is 1.06. The summed E-state index contributed by atoms with van der Waals surface area (Å²) < 4.78 is 5.70. The standard InChI is InChI=1S/C12H20N2O/c1-8(2)14-7-6-10(13)12(14)11-5-4-9(3)15-11/h4-5,8,10,12H,6-7,13H2,1-3H3/t10-,12-/m1/s1. The fourth-order valence-electron chi connectivity index (χ4n) is 2.41. The molecule has 84 valence electrons. The number of hydrogen-bond donors (Lipinski definition) is 1. The van der Waals surface area contributed by atoms with E-state index in [-0.39, 0.29) is 12.1 Å². The van der Waals surface area contributed by atoms with Crippen LogP contribution in [0, 0.1) is 6.92 Å². The zero-order valence-electron chi connectivity index (χ0n) is 9.73. The van der Waals surface area contributed by atoms with Crippen molar-refractivity contribution >= 4 is 0 Å². The van der Waals surface area contributed by atoms with Gasteiger partial charge in [0.25, 0.3) is 0 Å². The van der Waals surface area contributed by atoms with E-state index in [0.29, 0.717) is 6.04 Å². The molecule has 1 saturated heterocycles. The van der Waals surface area contributed by atoms with Crippen LogP contribution in [0.15, 0.2) is 16.5 Å². The molecule has 15 heavy (non-hydrogen) atoms. The number of aryl methyl sites for hydroxylation is 1. The van der Waals surface area contributed by atoms with Crippen molar-refractivity contribution in [3.8, 4) is 0 Å². The van der Waals surface area contributed by atoms with E-state index in [2.05, 4.69) is 24.8 Å². The molecular weight excluding hydrogens is 188 g/mol. The molecule has 2 N–H and O–H groups in total. The Balaban J connectivity index is 2.24. The molecular formula is C12H20N2O. The Morgan fingerprint density at radius 2 is 2.20 bits per heavy atom. The van der Waals surface area contributed by atoms with Gasteiger partial charge in [-0.05, 0) is 39.3 Å². The zero-order chi connectivity index (χ0) is 11.0. The Hall–Kier alpha value is -0.800. The van der Waals surface area contributed by atoms with Crippen LogP contribution in [0.5, 0.6) is 0 Å². The van der Waals surface area contributed by atoms with Crippen molar-refractivity contribution in [2.75, 3.05) is 6.54 Å². The molecule has 1 aromatic heterocycles. The normalized spacial score (nSPS) is 27.8. The van der Waals surface area contributed by atoms with Crippen molar-refractivity contribution in [1.82, 2.24) is 4.90 Å². The predicted octanol–water partition coefficient (Wildman–Crippen LogP) is 2.07. The summed E-state index contributed by atoms with van der Waals surface area (Å²) in [5.41, 5.74) is 6.15. The van der Waals surface area contributed by atoms with Crippen LogP contribution in [0.2, 0.25) is 0 Å². The molecule has 0 aromatic carbocycles. The number of rotatable bonds is 2.